The maximum absolute atomic E-state index is 11.8. The second-order valence-corrected chi connectivity index (χ2v) is 7.59. The molecule has 2 N–H and O–H groups in total. The number of carbonyl (C=O) groups is 1. The number of fused-ring (bicyclic) bond motifs is 1. The fraction of sp³-hybridized carbons (Fsp3) is 0.158. The molecule has 25 heavy (non-hydrogen) atoms. The Bertz CT molecular complexity index is 1010. The van der Waals surface area contributed by atoms with E-state index in [4.69, 9.17) is 11.6 Å². The van der Waals surface area contributed by atoms with Gasteiger partial charge in [-0.1, -0.05) is 39.7 Å². The van der Waals surface area contributed by atoms with E-state index >= 15 is 0 Å². The lowest BCUT2D eigenvalue weighted by Crippen LogP contribution is -2.14. The number of benzene rings is 2. The van der Waals surface area contributed by atoms with Crippen molar-refractivity contribution < 1.29 is 15.0 Å². The number of rotatable bonds is 3. The number of aromatic nitrogens is 1. The molecule has 0 unspecified atom stereocenters. The van der Waals surface area contributed by atoms with E-state index in [1.807, 2.05) is 18.2 Å². The fourth-order valence-corrected chi connectivity index (χ4v) is 3.82. The van der Waals surface area contributed by atoms with Crippen LogP contribution in [-0.4, -0.2) is 21.2 Å². The van der Waals surface area contributed by atoms with Gasteiger partial charge in [0.05, 0.1) is 11.2 Å². The molecule has 0 bridgehead atoms. The monoisotopic (exact) mass is 417 g/mol. The third kappa shape index (κ3) is 2.58. The molecule has 0 saturated heterocycles. The molecule has 0 spiro atoms. The Balaban J connectivity index is 1.99. The van der Waals surface area contributed by atoms with Crippen LogP contribution in [0.1, 0.15) is 34.5 Å². The van der Waals surface area contributed by atoms with E-state index in [-0.39, 0.29) is 11.3 Å². The highest BCUT2D eigenvalue weighted by Crippen LogP contribution is 2.56. The molecule has 1 fully saturated rings. The predicted octanol–water partition coefficient (Wildman–Crippen LogP) is 5.13. The first-order valence-electron chi connectivity index (χ1n) is 7.74. The second-order valence-electron chi connectivity index (χ2n) is 6.24. The summed E-state index contributed by atoms with van der Waals surface area (Å²) in [6.07, 6.45) is 1.60. The van der Waals surface area contributed by atoms with Crippen LogP contribution in [0.2, 0.25) is 5.02 Å². The molecule has 1 heterocycles. The van der Waals surface area contributed by atoms with Crippen LogP contribution in [0.5, 0.6) is 5.75 Å². The summed E-state index contributed by atoms with van der Waals surface area (Å²) in [6, 6.07) is 12.6. The Kier molecular flexibility index (Phi) is 3.74. The van der Waals surface area contributed by atoms with E-state index in [1.54, 1.807) is 24.3 Å². The normalized spacial score (nSPS) is 15.3. The zero-order valence-corrected chi connectivity index (χ0v) is 15.3. The average Bonchev–Trinajstić information content (AvgIpc) is 3.36. The van der Waals surface area contributed by atoms with E-state index in [0.717, 1.165) is 22.9 Å². The summed E-state index contributed by atoms with van der Waals surface area (Å²) in [6.45, 7) is 0. The zero-order chi connectivity index (χ0) is 17.8. The molecule has 0 aliphatic heterocycles. The smallest absolute Gasteiger partial charge is 0.340 e. The van der Waals surface area contributed by atoms with Crippen molar-refractivity contribution in [2.75, 3.05) is 0 Å². The quantitative estimate of drug-likeness (QED) is 0.618. The topological polar surface area (TPSA) is 70.4 Å². The summed E-state index contributed by atoms with van der Waals surface area (Å²) in [5, 5.41) is 21.4. The second kappa shape index (κ2) is 5.71. The maximum Gasteiger partial charge on any atom is 0.340 e. The summed E-state index contributed by atoms with van der Waals surface area (Å²) in [5.74, 6) is -1.43. The molecule has 3 aromatic rings. The lowest BCUT2D eigenvalue weighted by Gasteiger charge is -2.19. The first kappa shape index (κ1) is 16.4. The average molecular weight is 419 g/mol. The Morgan fingerprint density at radius 3 is 2.44 bits per heavy atom. The molecular weight excluding hydrogens is 406 g/mol. The van der Waals surface area contributed by atoms with E-state index in [0.29, 0.717) is 21.6 Å². The molecule has 6 heteroatoms. The zero-order valence-electron chi connectivity index (χ0n) is 13.0. The Morgan fingerprint density at radius 1 is 1.16 bits per heavy atom. The van der Waals surface area contributed by atoms with Gasteiger partial charge in [-0.2, -0.15) is 0 Å². The molecule has 1 aliphatic rings. The minimum Gasteiger partial charge on any atom is -0.505 e. The molecule has 0 atom stereocenters. The van der Waals surface area contributed by atoms with Gasteiger partial charge < -0.3 is 10.2 Å². The molecule has 1 aromatic heterocycles. The highest BCUT2D eigenvalue weighted by Gasteiger charge is 2.49. The number of aromatic carboxylic acids is 1. The van der Waals surface area contributed by atoms with Gasteiger partial charge in [0.1, 0.15) is 5.56 Å². The van der Waals surface area contributed by atoms with Crippen LogP contribution in [-0.2, 0) is 5.41 Å². The summed E-state index contributed by atoms with van der Waals surface area (Å²) in [7, 11) is 0. The van der Waals surface area contributed by atoms with Crippen molar-refractivity contribution in [3.63, 3.8) is 0 Å². The van der Waals surface area contributed by atoms with E-state index in [1.165, 1.54) is 0 Å². The summed E-state index contributed by atoms with van der Waals surface area (Å²) in [4.78, 5) is 16.4. The van der Waals surface area contributed by atoms with Gasteiger partial charge in [0.2, 0.25) is 0 Å². The first-order chi connectivity index (χ1) is 11.9. The van der Waals surface area contributed by atoms with Crippen molar-refractivity contribution in [2.24, 2.45) is 0 Å². The van der Waals surface area contributed by atoms with Gasteiger partial charge in [0.15, 0.2) is 5.75 Å². The summed E-state index contributed by atoms with van der Waals surface area (Å²) < 4.78 is 0.732. The number of aromatic hydroxyl groups is 1. The van der Waals surface area contributed by atoms with Gasteiger partial charge in [-0.25, -0.2) is 9.78 Å². The minimum absolute atomic E-state index is 0.110. The van der Waals surface area contributed by atoms with Gasteiger partial charge in [-0.3, -0.25) is 0 Å². The molecule has 0 amide bonds. The van der Waals surface area contributed by atoms with Crippen molar-refractivity contribution in [3.8, 4) is 5.75 Å². The van der Waals surface area contributed by atoms with E-state index in [2.05, 4.69) is 20.9 Å². The highest BCUT2D eigenvalue weighted by atomic mass is 79.9. The summed E-state index contributed by atoms with van der Waals surface area (Å²) in [5.41, 5.74) is 1.38. The standard InChI is InChI=1S/C19H13BrClNO3/c20-11-3-6-14-13(9-11)15(18(24)25)16(23)17(22-14)19(7-8-19)10-1-4-12(21)5-2-10/h1-6,9,23H,7-8H2,(H,24,25). The van der Waals surface area contributed by atoms with E-state index in [9.17, 15) is 15.0 Å². The van der Waals surface area contributed by atoms with Crippen LogP contribution in [0.15, 0.2) is 46.9 Å². The molecule has 1 aliphatic carbocycles. The summed E-state index contributed by atoms with van der Waals surface area (Å²) >= 11 is 9.31. The highest BCUT2D eigenvalue weighted by molar-refractivity contribution is 9.10. The number of carboxylic acids is 1. The van der Waals surface area contributed by atoms with Crippen molar-refractivity contribution in [1.29, 1.82) is 0 Å². The van der Waals surface area contributed by atoms with Crippen LogP contribution < -0.4 is 0 Å². The van der Waals surface area contributed by atoms with Crippen LogP contribution in [0.3, 0.4) is 0 Å². The van der Waals surface area contributed by atoms with Crippen LogP contribution in [0, 0.1) is 0 Å². The molecule has 4 nitrogen and oxygen atoms in total. The van der Waals surface area contributed by atoms with Crippen molar-refractivity contribution in [1.82, 2.24) is 4.98 Å². The Labute approximate surface area is 157 Å². The third-order valence-electron chi connectivity index (χ3n) is 4.74. The predicted molar refractivity (Wildman–Crippen MR) is 99.5 cm³/mol. The fourth-order valence-electron chi connectivity index (χ4n) is 3.33. The third-order valence-corrected chi connectivity index (χ3v) is 5.48. The number of hydrogen-bond donors (Lipinski definition) is 2. The number of carboxylic acid groups (broad SMARTS) is 1. The van der Waals surface area contributed by atoms with E-state index < -0.39 is 11.4 Å². The number of pyridine rings is 1. The SMILES string of the molecule is O=C(O)c1c(O)c(C2(c3ccc(Cl)cc3)CC2)nc2ccc(Br)cc12. The molecular formula is C19H13BrClNO3. The molecule has 126 valence electrons. The lowest BCUT2D eigenvalue weighted by molar-refractivity contribution is 0.0695. The Hall–Kier alpha value is -2.11. The van der Waals surface area contributed by atoms with Gasteiger partial charge in [-0.15, -0.1) is 0 Å². The Morgan fingerprint density at radius 2 is 1.84 bits per heavy atom. The van der Waals surface area contributed by atoms with Crippen LogP contribution in [0.4, 0.5) is 0 Å². The van der Waals surface area contributed by atoms with Crippen molar-refractivity contribution in [2.45, 2.75) is 18.3 Å². The van der Waals surface area contributed by atoms with Crippen LogP contribution in [0.25, 0.3) is 10.9 Å². The maximum atomic E-state index is 11.8. The van der Waals surface area contributed by atoms with Gasteiger partial charge >= 0.3 is 5.97 Å². The number of nitrogens with zero attached hydrogens (tertiary/aromatic N) is 1. The largest absolute Gasteiger partial charge is 0.505 e. The number of halogens is 2. The van der Waals surface area contributed by atoms with Crippen LogP contribution >= 0.6 is 27.5 Å². The number of hydrogen-bond acceptors (Lipinski definition) is 3. The first-order valence-corrected chi connectivity index (χ1v) is 8.91. The molecule has 2 aromatic carbocycles. The minimum atomic E-state index is -1.17. The molecule has 4 rings (SSSR count). The molecule has 0 radical (unpaired) electrons. The lowest BCUT2D eigenvalue weighted by atomic mass is 9.89. The van der Waals surface area contributed by atoms with Gasteiger partial charge in [-0.05, 0) is 48.7 Å². The van der Waals surface area contributed by atoms with Gasteiger partial charge in [0, 0.05) is 20.3 Å². The van der Waals surface area contributed by atoms with Crippen molar-refractivity contribution in [3.05, 3.63) is 68.8 Å². The molecule has 1 saturated carbocycles. The van der Waals surface area contributed by atoms with Crippen molar-refractivity contribution >= 4 is 44.4 Å². The van der Waals surface area contributed by atoms with Gasteiger partial charge in [0.25, 0.3) is 0 Å².